The summed E-state index contributed by atoms with van der Waals surface area (Å²) in [6, 6.07) is 18.8. The molecule has 1 aliphatic carbocycles. The van der Waals surface area contributed by atoms with Crippen molar-refractivity contribution in [2.24, 2.45) is 0 Å². The highest BCUT2D eigenvalue weighted by Gasteiger charge is 2.48. The Morgan fingerprint density at radius 1 is 1.06 bits per heavy atom. The number of nitrogens with one attached hydrogen (secondary N) is 2. The van der Waals surface area contributed by atoms with Crippen molar-refractivity contribution in [1.29, 1.82) is 0 Å². The second-order valence-electron chi connectivity index (χ2n) is 9.58. The first-order chi connectivity index (χ1) is 17.0. The number of rotatable bonds is 6. The largest absolute Gasteiger partial charge is 0.383 e. The third-order valence-corrected chi connectivity index (χ3v) is 7.03. The van der Waals surface area contributed by atoms with Crippen LogP contribution in [0.1, 0.15) is 43.5 Å². The molecule has 2 aromatic carbocycles. The molecule has 1 saturated carbocycles. The van der Waals surface area contributed by atoms with Crippen LogP contribution in [0.4, 0.5) is 10.3 Å². The maximum atomic E-state index is 13.6. The van der Waals surface area contributed by atoms with Gasteiger partial charge in [0.15, 0.2) is 0 Å². The summed E-state index contributed by atoms with van der Waals surface area (Å²) in [5, 5.41) is 18.3. The van der Waals surface area contributed by atoms with E-state index in [-0.39, 0.29) is 11.9 Å². The molecule has 3 atom stereocenters. The van der Waals surface area contributed by atoms with Crippen molar-refractivity contribution in [2.75, 3.05) is 5.32 Å². The molecule has 4 heterocycles. The van der Waals surface area contributed by atoms with Crippen LogP contribution in [0.3, 0.4) is 0 Å². The molecule has 0 amide bonds. The van der Waals surface area contributed by atoms with Gasteiger partial charge in [-0.1, -0.05) is 30.3 Å². The van der Waals surface area contributed by atoms with Gasteiger partial charge in [-0.15, -0.1) is 0 Å². The minimum atomic E-state index is -1.01. The molecule has 2 bridgehead atoms. The first kappa shape index (κ1) is 21.9. The Morgan fingerprint density at radius 2 is 1.77 bits per heavy atom. The summed E-state index contributed by atoms with van der Waals surface area (Å²) in [4.78, 5) is 14.0. The van der Waals surface area contributed by atoms with Crippen LogP contribution in [-0.4, -0.2) is 36.7 Å². The van der Waals surface area contributed by atoms with E-state index in [0.29, 0.717) is 48.2 Å². The Morgan fingerprint density at radius 3 is 2.49 bits per heavy atom. The van der Waals surface area contributed by atoms with Crippen LogP contribution < -0.4 is 10.6 Å². The van der Waals surface area contributed by atoms with Gasteiger partial charge in [-0.2, -0.15) is 4.98 Å². The molecular formula is C27H27FN6O. The third-order valence-electron chi connectivity index (χ3n) is 7.03. The molecule has 3 unspecified atom stereocenters. The Hall–Kier alpha value is -3.62. The van der Waals surface area contributed by atoms with Crippen LogP contribution in [0.2, 0.25) is 0 Å². The molecule has 35 heavy (non-hydrogen) atoms. The van der Waals surface area contributed by atoms with Gasteiger partial charge >= 0.3 is 0 Å². The molecule has 3 aliphatic rings. The standard InChI is InChI=1S/C27H27FN6O/c1-17(18-5-3-2-4-6-18)30-26-29-12-11-24(33-26)34-16-23(27(35)14-21-13-22(15-27)31-21)32-25(34)19-7-9-20(28)10-8-19/h2-12,16-17,21-22,31,35H,13-15H2,1H3,(H,29,30,33). The average Bonchev–Trinajstić information content (AvgIpc) is 3.31. The Bertz CT molecular complexity index is 1320. The van der Waals surface area contributed by atoms with Gasteiger partial charge < -0.3 is 15.7 Å². The SMILES string of the molecule is CC(Nc1nccc(-n2cc(C3(O)CC4CC(C3)N4)nc2-c2ccc(F)cc2)n1)c1ccccc1. The summed E-state index contributed by atoms with van der Waals surface area (Å²) in [6.45, 7) is 2.06. The number of hydrogen-bond donors (Lipinski definition) is 3. The highest BCUT2D eigenvalue weighted by atomic mass is 19.1. The number of anilines is 1. The predicted molar refractivity (Wildman–Crippen MR) is 131 cm³/mol. The van der Waals surface area contributed by atoms with Gasteiger partial charge in [0.05, 0.1) is 11.7 Å². The summed E-state index contributed by atoms with van der Waals surface area (Å²) in [6.07, 6.45) is 5.89. The first-order valence-electron chi connectivity index (χ1n) is 12.0. The van der Waals surface area contributed by atoms with Crippen LogP contribution in [0.25, 0.3) is 17.2 Å². The van der Waals surface area contributed by atoms with Crippen LogP contribution in [0.5, 0.6) is 0 Å². The minimum absolute atomic E-state index is 0.0172. The zero-order valence-corrected chi connectivity index (χ0v) is 19.4. The van der Waals surface area contributed by atoms with Crippen molar-refractivity contribution in [2.45, 2.75) is 49.9 Å². The van der Waals surface area contributed by atoms with Crippen LogP contribution in [-0.2, 0) is 5.60 Å². The molecule has 0 spiro atoms. The second-order valence-corrected chi connectivity index (χ2v) is 9.58. The molecule has 4 aromatic rings. The fraction of sp³-hybridized carbons (Fsp3) is 0.296. The molecule has 2 saturated heterocycles. The number of aliphatic hydroxyl groups is 1. The highest BCUT2D eigenvalue weighted by Crippen LogP contribution is 2.42. The van der Waals surface area contributed by atoms with Crippen molar-refractivity contribution < 1.29 is 9.50 Å². The normalized spacial score (nSPS) is 24.0. The van der Waals surface area contributed by atoms with Crippen LogP contribution in [0.15, 0.2) is 73.1 Å². The highest BCUT2D eigenvalue weighted by molar-refractivity contribution is 5.59. The lowest BCUT2D eigenvalue weighted by Crippen LogP contribution is -2.62. The first-order valence-corrected chi connectivity index (χ1v) is 12.0. The number of nitrogens with zero attached hydrogens (tertiary/aromatic N) is 4. The Labute approximate surface area is 203 Å². The zero-order valence-electron chi connectivity index (χ0n) is 19.4. The van der Waals surface area contributed by atoms with E-state index in [4.69, 9.17) is 9.97 Å². The summed E-state index contributed by atoms with van der Waals surface area (Å²) < 4.78 is 15.5. The van der Waals surface area contributed by atoms with E-state index in [9.17, 15) is 9.50 Å². The molecule has 0 radical (unpaired) electrons. The molecule has 7 nitrogen and oxygen atoms in total. The number of hydrogen-bond acceptors (Lipinski definition) is 6. The molecular weight excluding hydrogens is 443 g/mol. The Kier molecular flexibility index (Phi) is 5.35. The number of piperidine rings is 1. The van der Waals surface area contributed by atoms with Crippen molar-refractivity contribution in [3.05, 3.63) is 90.1 Å². The minimum Gasteiger partial charge on any atom is -0.383 e. The van der Waals surface area contributed by atoms with E-state index in [1.165, 1.54) is 12.1 Å². The topological polar surface area (TPSA) is 87.9 Å². The van der Waals surface area contributed by atoms with E-state index in [1.807, 2.05) is 29.0 Å². The molecule has 2 aromatic heterocycles. The summed E-state index contributed by atoms with van der Waals surface area (Å²) in [7, 11) is 0. The van der Waals surface area contributed by atoms with E-state index < -0.39 is 5.60 Å². The van der Waals surface area contributed by atoms with Gasteiger partial charge in [0.2, 0.25) is 5.95 Å². The molecule has 8 heteroatoms. The van der Waals surface area contributed by atoms with Crippen molar-refractivity contribution in [3.63, 3.8) is 0 Å². The zero-order chi connectivity index (χ0) is 24.0. The number of halogens is 1. The molecule has 7 rings (SSSR count). The smallest absolute Gasteiger partial charge is 0.225 e. The summed E-state index contributed by atoms with van der Waals surface area (Å²) >= 11 is 0. The van der Waals surface area contributed by atoms with Crippen molar-refractivity contribution in [1.82, 2.24) is 24.8 Å². The van der Waals surface area contributed by atoms with Gasteiger partial charge in [-0.05, 0) is 62.1 Å². The van der Waals surface area contributed by atoms with Crippen molar-refractivity contribution in [3.8, 4) is 17.2 Å². The van der Waals surface area contributed by atoms with Crippen LogP contribution in [0, 0.1) is 5.82 Å². The van der Waals surface area contributed by atoms with Gasteiger partial charge in [0, 0.05) is 30.0 Å². The van der Waals surface area contributed by atoms with E-state index >= 15 is 0 Å². The number of benzene rings is 2. The molecule has 3 fully saturated rings. The Balaban J connectivity index is 1.38. The quantitative estimate of drug-likeness (QED) is 0.388. The van der Waals surface area contributed by atoms with E-state index in [2.05, 4.69) is 34.7 Å². The fourth-order valence-corrected chi connectivity index (χ4v) is 5.20. The van der Waals surface area contributed by atoms with Gasteiger partial charge in [-0.3, -0.25) is 4.57 Å². The van der Waals surface area contributed by atoms with E-state index in [0.717, 1.165) is 17.5 Å². The second kappa shape index (κ2) is 8.55. The molecule has 2 aliphatic heterocycles. The lowest BCUT2D eigenvalue weighted by molar-refractivity contribution is -0.0645. The van der Waals surface area contributed by atoms with E-state index in [1.54, 1.807) is 24.4 Å². The monoisotopic (exact) mass is 470 g/mol. The number of fused-ring (bicyclic) bond motifs is 2. The predicted octanol–water partition coefficient (Wildman–Crippen LogP) is 4.35. The molecule has 3 N–H and O–H groups in total. The number of aromatic nitrogens is 4. The third kappa shape index (κ3) is 4.19. The lowest BCUT2D eigenvalue weighted by atomic mass is 9.71. The fourth-order valence-electron chi connectivity index (χ4n) is 5.20. The van der Waals surface area contributed by atoms with Crippen molar-refractivity contribution >= 4 is 5.95 Å². The average molecular weight is 471 g/mol. The maximum Gasteiger partial charge on any atom is 0.225 e. The van der Waals surface area contributed by atoms with Gasteiger partial charge in [-0.25, -0.2) is 14.4 Å². The van der Waals surface area contributed by atoms with Crippen LogP contribution >= 0.6 is 0 Å². The summed E-state index contributed by atoms with van der Waals surface area (Å²) in [5.74, 6) is 1.39. The molecule has 178 valence electrons. The summed E-state index contributed by atoms with van der Waals surface area (Å²) in [5.41, 5.74) is 1.48. The van der Waals surface area contributed by atoms with Gasteiger partial charge in [0.25, 0.3) is 0 Å². The van der Waals surface area contributed by atoms with Gasteiger partial charge in [0.1, 0.15) is 23.1 Å². The number of imidazole rings is 1. The lowest BCUT2D eigenvalue weighted by Gasteiger charge is -2.50. The maximum absolute atomic E-state index is 13.6.